The molecule has 9 heteroatoms. The number of aliphatic hydroxyl groups excluding tert-OH is 2. The van der Waals surface area contributed by atoms with Gasteiger partial charge in [-0.1, -0.05) is 5.22 Å². The number of hydrogen-bond donors (Lipinski definition) is 4. The molecule has 1 aromatic rings. The first kappa shape index (κ1) is 13.1. The monoisotopic (exact) mass is 242 g/mol. The van der Waals surface area contributed by atoms with E-state index in [0.717, 1.165) is 0 Å². The summed E-state index contributed by atoms with van der Waals surface area (Å²) in [7, 11) is 0. The molecular formula is C8H14N6O3. The van der Waals surface area contributed by atoms with Crippen LogP contribution in [-0.2, 0) is 0 Å². The van der Waals surface area contributed by atoms with Gasteiger partial charge in [0.25, 0.3) is 5.91 Å². The van der Waals surface area contributed by atoms with Crippen molar-refractivity contribution >= 4 is 11.7 Å². The predicted molar refractivity (Wildman–Crippen MR) is 57.4 cm³/mol. The van der Waals surface area contributed by atoms with Crippen LogP contribution in [-0.4, -0.2) is 57.4 Å². The Hall–Kier alpha value is -2.00. The molecular weight excluding hydrogens is 228 g/mol. The number of aromatic nitrogens is 2. The second kappa shape index (κ2) is 6.55. The number of primary amides is 1. The van der Waals surface area contributed by atoms with Gasteiger partial charge in [0.05, 0.1) is 32.6 Å². The minimum absolute atomic E-state index is 0.0571. The minimum atomic E-state index is -0.688. The van der Waals surface area contributed by atoms with Crippen molar-refractivity contribution in [3.63, 3.8) is 0 Å². The van der Waals surface area contributed by atoms with E-state index in [-0.39, 0.29) is 37.8 Å². The van der Waals surface area contributed by atoms with Crippen molar-refractivity contribution in [2.75, 3.05) is 26.3 Å². The molecule has 1 rings (SSSR count). The van der Waals surface area contributed by atoms with Gasteiger partial charge in [-0.3, -0.25) is 9.80 Å². The summed E-state index contributed by atoms with van der Waals surface area (Å²) in [4.78, 5) is 17.2. The van der Waals surface area contributed by atoms with Crippen LogP contribution in [0.5, 0.6) is 0 Å². The molecule has 0 saturated heterocycles. The quantitative estimate of drug-likeness (QED) is 0.351. The Morgan fingerprint density at radius 2 is 2.12 bits per heavy atom. The standard InChI is InChI=1S/C8H14N6O3/c9-7(17)6-8(11-5-10-6)12-13-14(1-3-15)2-4-16/h5,15-16H,1-4H2,(H2,9,17)(H,10,11)/b13-12-. The SMILES string of the molecule is NC(=O)c1[nH]cnc1/N=N\N(CCO)CCO. The summed E-state index contributed by atoms with van der Waals surface area (Å²) in [6.45, 7) is 0.200. The fraction of sp³-hybridized carbons (Fsp3) is 0.500. The molecule has 0 fully saturated rings. The average molecular weight is 242 g/mol. The highest BCUT2D eigenvalue weighted by molar-refractivity contribution is 5.94. The van der Waals surface area contributed by atoms with Gasteiger partial charge in [-0.15, -0.1) is 5.11 Å². The Labute approximate surface area is 97.0 Å². The Morgan fingerprint density at radius 3 is 2.65 bits per heavy atom. The van der Waals surface area contributed by atoms with Crippen LogP contribution in [0.2, 0.25) is 0 Å². The Kier molecular flexibility index (Phi) is 5.04. The van der Waals surface area contributed by atoms with E-state index >= 15 is 0 Å². The van der Waals surface area contributed by atoms with Crippen molar-refractivity contribution in [1.29, 1.82) is 0 Å². The normalized spacial score (nSPS) is 10.9. The zero-order valence-electron chi connectivity index (χ0n) is 9.07. The summed E-state index contributed by atoms with van der Waals surface area (Å²) in [6, 6.07) is 0. The maximum absolute atomic E-state index is 10.9. The van der Waals surface area contributed by atoms with Crippen LogP contribution in [0.4, 0.5) is 5.82 Å². The number of nitrogens with zero attached hydrogens (tertiary/aromatic N) is 4. The number of hydrogen-bond acceptors (Lipinski definition) is 6. The molecule has 0 aromatic carbocycles. The Morgan fingerprint density at radius 1 is 1.47 bits per heavy atom. The molecule has 0 aliphatic heterocycles. The van der Waals surface area contributed by atoms with Gasteiger partial charge in [-0.2, -0.15) is 0 Å². The molecule has 0 aliphatic rings. The number of rotatable bonds is 7. The van der Waals surface area contributed by atoms with Crippen molar-refractivity contribution in [1.82, 2.24) is 15.0 Å². The third-order valence-electron chi connectivity index (χ3n) is 1.85. The highest BCUT2D eigenvalue weighted by Crippen LogP contribution is 2.13. The number of imidazole rings is 1. The van der Waals surface area contributed by atoms with E-state index in [4.69, 9.17) is 15.9 Å². The molecule has 0 radical (unpaired) electrons. The molecule has 1 heterocycles. The van der Waals surface area contributed by atoms with Crippen molar-refractivity contribution in [2.24, 2.45) is 16.1 Å². The van der Waals surface area contributed by atoms with Crippen molar-refractivity contribution in [3.05, 3.63) is 12.0 Å². The topological polar surface area (TPSA) is 140 Å². The Balaban J connectivity index is 2.73. The zero-order chi connectivity index (χ0) is 12.7. The number of nitrogens with two attached hydrogens (primary N) is 1. The van der Waals surface area contributed by atoms with Crippen LogP contribution < -0.4 is 5.73 Å². The summed E-state index contributed by atoms with van der Waals surface area (Å²) >= 11 is 0. The van der Waals surface area contributed by atoms with Gasteiger partial charge in [0, 0.05) is 0 Å². The van der Waals surface area contributed by atoms with Gasteiger partial charge >= 0.3 is 0 Å². The average Bonchev–Trinajstić information content (AvgIpc) is 2.74. The number of amides is 1. The summed E-state index contributed by atoms with van der Waals surface area (Å²) in [6.07, 6.45) is 1.27. The van der Waals surface area contributed by atoms with Crippen molar-refractivity contribution in [2.45, 2.75) is 0 Å². The highest BCUT2D eigenvalue weighted by atomic mass is 16.3. The van der Waals surface area contributed by atoms with Gasteiger partial charge in [-0.25, -0.2) is 4.98 Å². The number of carbonyl (C=O) groups excluding carboxylic acids is 1. The maximum atomic E-state index is 10.9. The molecule has 94 valence electrons. The molecule has 0 saturated carbocycles. The molecule has 17 heavy (non-hydrogen) atoms. The molecule has 0 aliphatic carbocycles. The first-order chi connectivity index (χ1) is 8.19. The van der Waals surface area contributed by atoms with Crippen molar-refractivity contribution in [3.8, 4) is 0 Å². The van der Waals surface area contributed by atoms with Crippen molar-refractivity contribution < 1.29 is 15.0 Å². The van der Waals surface area contributed by atoms with E-state index in [1.165, 1.54) is 11.3 Å². The predicted octanol–water partition coefficient (Wildman–Crippen LogP) is -1.21. The smallest absolute Gasteiger partial charge is 0.269 e. The van der Waals surface area contributed by atoms with Gasteiger partial charge in [0.2, 0.25) is 5.82 Å². The lowest BCUT2D eigenvalue weighted by atomic mass is 10.4. The van der Waals surface area contributed by atoms with Crippen LogP contribution in [0.15, 0.2) is 16.7 Å². The lowest BCUT2D eigenvalue weighted by Crippen LogP contribution is -2.24. The van der Waals surface area contributed by atoms with Crippen LogP contribution in [0.3, 0.4) is 0 Å². The first-order valence-electron chi connectivity index (χ1n) is 4.90. The third-order valence-corrected chi connectivity index (χ3v) is 1.85. The van der Waals surface area contributed by atoms with E-state index in [2.05, 4.69) is 20.3 Å². The van der Waals surface area contributed by atoms with Gasteiger partial charge < -0.3 is 20.9 Å². The first-order valence-corrected chi connectivity index (χ1v) is 4.90. The van der Waals surface area contributed by atoms with Gasteiger partial charge in [0.1, 0.15) is 0 Å². The molecule has 5 N–H and O–H groups in total. The second-order valence-electron chi connectivity index (χ2n) is 3.06. The fourth-order valence-electron chi connectivity index (χ4n) is 1.08. The molecule has 0 bridgehead atoms. The fourth-order valence-corrected chi connectivity index (χ4v) is 1.08. The lowest BCUT2D eigenvalue weighted by Gasteiger charge is -2.13. The minimum Gasteiger partial charge on any atom is -0.394 e. The highest BCUT2D eigenvalue weighted by Gasteiger charge is 2.10. The summed E-state index contributed by atoms with van der Waals surface area (Å²) in [5.74, 6) is -0.620. The summed E-state index contributed by atoms with van der Waals surface area (Å²) in [5, 5.41) is 26.3. The maximum Gasteiger partial charge on any atom is 0.269 e. The van der Waals surface area contributed by atoms with E-state index in [1.807, 2.05) is 0 Å². The molecule has 0 spiro atoms. The van der Waals surface area contributed by atoms with Crippen LogP contribution in [0, 0.1) is 0 Å². The summed E-state index contributed by atoms with van der Waals surface area (Å²) < 4.78 is 0. The molecule has 1 amide bonds. The molecule has 9 nitrogen and oxygen atoms in total. The van der Waals surface area contributed by atoms with E-state index in [1.54, 1.807) is 0 Å². The van der Waals surface area contributed by atoms with Crippen LogP contribution in [0.1, 0.15) is 10.5 Å². The second-order valence-corrected chi connectivity index (χ2v) is 3.06. The van der Waals surface area contributed by atoms with Gasteiger partial charge in [0.15, 0.2) is 5.69 Å². The number of aromatic amines is 1. The largest absolute Gasteiger partial charge is 0.394 e. The van der Waals surface area contributed by atoms with Crippen LogP contribution >= 0.6 is 0 Å². The molecule has 1 aromatic heterocycles. The van der Waals surface area contributed by atoms with Crippen LogP contribution in [0.25, 0.3) is 0 Å². The number of aliphatic hydroxyl groups is 2. The molecule has 0 atom stereocenters. The summed E-state index contributed by atoms with van der Waals surface area (Å²) in [5.41, 5.74) is 5.13. The lowest BCUT2D eigenvalue weighted by molar-refractivity contribution is 0.0996. The number of nitrogens with one attached hydrogen (secondary N) is 1. The third kappa shape index (κ3) is 3.81. The number of carbonyl (C=O) groups is 1. The zero-order valence-corrected chi connectivity index (χ0v) is 9.07. The molecule has 0 unspecified atom stereocenters. The Bertz CT molecular complexity index is 384. The van der Waals surface area contributed by atoms with Gasteiger partial charge in [-0.05, 0) is 0 Å². The van der Waals surface area contributed by atoms with E-state index in [9.17, 15) is 4.79 Å². The van der Waals surface area contributed by atoms with E-state index < -0.39 is 5.91 Å². The number of H-pyrrole nitrogens is 1. The van der Waals surface area contributed by atoms with E-state index in [0.29, 0.717) is 0 Å².